The van der Waals surface area contributed by atoms with Crippen LogP contribution in [0.15, 0.2) is 24.3 Å². The Hall–Kier alpha value is -0.570. The number of fused-ring (bicyclic) bond motifs is 1. The molecule has 2 aliphatic rings. The quantitative estimate of drug-likeness (QED) is 0.920. The van der Waals surface area contributed by atoms with Crippen LogP contribution in [0.4, 0.5) is 0 Å². The average Bonchev–Trinajstić information content (AvgIpc) is 2.95. The van der Waals surface area contributed by atoms with Crippen molar-refractivity contribution in [2.75, 3.05) is 19.6 Å². The van der Waals surface area contributed by atoms with Gasteiger partial charge in [-0.15, -0.1) is 0 Å². The fourth-order valence-corrected chi connectivity index (χ4v) is 4.40. The first kappa shape index (κ1) is 14.4. The Bertz CT molecular complexity index is 468. The summed E-state index contributed by atoms with van der Waals surface area (Å²) in [4.78, 5) is 2.72. The molecule has 3 rings (SSSR count). The summed E-state index contributed by atoms with van der Waals surface area (Å²) in [5.41, 5.74) is 1.69. The van der Waals surface area contributed by atoms with Gasteiger partial charge in [-0.3, -0.25) is 4.90 Å². The van der Waals surface area contributed by atoms with Crippen LogP contribution < -0.4 is 5.32 Å². The Morgan fingerprint density at radius 3 is 2.65 bits per heavy atom. The van der Waals surface area contributed by atoms with E-state index in [1.54, 1.807) is 0 Å². The third kappa shape index (κ3) is 2.49. The molecular formula is C17H25ClN2. The largest absolute Gasteiger partial charge is 0.316 e. The highest BCUT2D eigenvalue weighted by Gasteiger charge is 2.50. The predicted molar refractivity (Wildman–Crippen MR) is 85.3 cm³/mol. The SMILES string of the molecule is CC(Cc1ccc(Cl)cc1)N1CC2CNCC2C1(C)C. The Labute approximate surface area is 127 Å². The number of rotatable bonds is 3. The molecular weight excluding hydrogens is 268 g/mol. The first-order valence-corrected chi connectivity index (χ1v) is 8.08. The Balaban J connectivity index is 1.71. The van der Waals surface area contributed by atoms with Crippen LogP contribution >= 0.6 is 11.6 Å². The van der Waals surface area contributed by atoms with Gasteiger partial charge in [-0.1, -0.05) is 23.7 Å². The first-order chi connectivity index (χ1) is 9.48. The van der Waals surface area contributed by atoms with Gasteiger partial charge >= 0.3 is 0 Å². The predicted octanol–water partition coefficient (Wildman–Crippen LogP) is 3.20. The molecule has 0 amide bonds. The summed E-state index contributed by atoms with van der Waals surface area (Å²) in [5.74, 6) is 1.63. The van der Waals surface area contributed by atoms with Gasteiger partial charge in [0.05, 0.1) is 0 Å². The van der Waals surface area contributed by atoms with E-state index in [4.69, 9.17) is 11.6 Å². The molecule has 1 aromatic rings. The first-order valence-electron chi connectivity index (χ1n) is 7.70. The standard InChI is InChI=1S/C17H25ClN2/c1-12(8-13-4-6-15(18)7-5-13)20-11-14-9-19-10-16(14)17(20,2)3/h4-7,12,14,16,19H,8-11H2,1-3H3. The molecule has 0 bridgehead atoms. The summed E-state index contributed by atoms with van der Waals surface area (Å²) < 4.78 is 0. The van der Waals surface area contributed by atoms with E-state index < -0.39 is 0 Å². The summed E-state index contributed by atoms with van der Waals surface area (Å²) in [7, 11) is 0. The van der Waals surface area contributed by atoms with Crippen molar-refractivity contribution >= 4 is 11.6 Å². The Kier molecular flexibility index (Phi) is 3.83. The maximum absolute atomic E-state index is 5.97. The van der Waals surface area contributed by atoms with E-state index in [-0.39, 0.29) is 0 Å². The lowest BCUT2D eigenvalue weighted by atomic mass is 9.84. The molecule has 2 fully saturated rings. The zero-order chi connectivity index (χ0) is 14.3. The average molecular weight is 293 g/mol. The van der Waals surface area contributed by atoms with E-state index in [0.29, 0.717) is 11.6 Å². The highest BCUT2D eigenvalue weighted by Crippen LogP contribution is 2.42. The fourth-order valence-electron chi connectivity index (χ4n) is 4.27. The lowest BCUT2D eigenvalue weighted by Crippen LogP contribution is -2.49. The van der Waals surface area contributed by atoms with Crippen molar-refractivity contribution in [2.24, 2.45) is 11.8 Å². The van der Waals surface area contributed by atoms with Crippen LogP contribution in [-0.2, 0) is 6.42 Å². The summed E-state index contributed by atoms with van der Waals surface area (Å²) in [6.45, 7) is 10.8. The van der Waals surface area contributed by atoms with Crippen molar-refractivity contribution in [3.05, 3.63) is 34.9 Å². The fraction of sp³-hybridized carbons (Fsp3) is 0.647. The van der Waals surface area contributed by atoms with Gasteiger partial charge in [-0.25, -0.2) is 0 Å². The van der Waals surface area contributed by atoms with Gasteiger partial charge < -0.3 is 5.32 Å². The second-order valence-corrected chi connectivity index (χ2v) is 7.45. The topological polar surface area (TPSA) is 15.3 Å². The number of halogens is 1. The lowest BCUT2D eigenvalue weighted by molar-refractivity contribution is 0.0970. The van der Waals surface area contributed by atoms with Crippen LogP contribution in [0, 0.1) is 11.8 Å². The summed E-state index contributed by atoms with van der Waals surface area (Å²) in [6.07, 6.45) is 1.10. The molecule has 20 heavy (non-hydrogen) atoms. The van der Waals surface area contributed by atoms with E-state index in [2.05, 4.69) is 43.1 Å². The monoisotopic (exact) mass is 292 g/mol. The van der Waals surface area contributed by atoms with E-state index in [0.717, 1.165) is 23.3 Å². The number of hydrogen-bond donors (Lipinski definition) is 1. The minimum absolute atomic E-state index is 0.306. The van der Waals surface area contributed by atoms with Crippen LogP contribution in [0.25, 0.3) is 0 Å². The van der Waals surface area contributed by atoms with Gasteiger partial charge in [0.15, 0.2) is 0 Å². The lowest BCUT2D eigenvalue weighted by Gasteiger charge is -2.40. The van der Waals surface area contributed by atoms with Crippen LogP contribution in [0.5, 0.6) is 0 Å². The minimum Gasteiger partial charge on any atom is -0.316 e. The van der Waals surface area contributed by atoms with E-state index in [9.17, 15) is 0 Å². The molecule has 1 aromatic carbocycles. The molecule has 2 saturated heterocycles. The normalized spacial score (nSPS) is 30.4. The second kappa shape index (κ2) is 5.32. The molecule has 3 unspecified atom stereocenters. The molecule has 0 spiro atoms. The van der Waals surface area contributed by atoms with Crippen LogP contribution in [0.2, 0.25) is 5.02 Å². The molecule has 0 saturated carbocycles. The molecule has 2 nitrogen and oxygen atoms in total. The van der Waals surface area contributed by atoms with Crippen molar-refractivity contribution in [2.45, 2.75) is 38.8 Å². The molecule has 3 heteroatoms. The molecule has 110 valence electrons. The maximum Gasteiger partial charge on any atom is 0.0406 e. The van der Waals surface area contributed by atoms with Crippen molar-refractivity contribution in [1.82, 2.24) is 10.2 Å². The van der Waals surface area contributed by atoms with Gasteiger partial charge in [0.25, 0.3) is 0 Å². The van der Waals surface area contributed by atoms with Gasteiger partial charge in [0.2, 0.25) is 0 Å². The Morgan fingerprint density at radius 1 is 1.30 bits per heavy atom. The highest BCUT2D eigenvalue weighted by atomic mass is 35.5. The third-order valence-corrected chi connectivity index (χ3v) is 5.65. The summed E-state index contributed by atoms with van der Waals surface area (Å²) >= 11 is 5.97. The molecule has 0 aliphatic carbocycles. The van der Waals surface area contributed by atoms with Crippen molar-refractivity contribution < 1.29 is 0 Å². The van der Waals surface area contributed by atoms with Crippen LogP contribution in [0.3, 0.4) is 0 Å². The number of nitrogens with one attached hydrogen (secondary N) is 1. The highest BCUT2D eigenvalue weighted by molar-refractivity contribution is 6.30. The number of hydrogen-bond acceptors (Lipinski definition) is 2. The van der Waals surface area contributed by atoms with Gasteiger partial charge in [-0.05, 0) is 63.3 Å². The molecule has 2 aliphatic heterocycles. The molecule has 2 heterocycles. The van der Waals surface area contributed by atoms with E-state index >= 15 is 0 Å². The van der Waals surface area contributed by atoms with E-state index in [1.165, 1.54) is 25.2 Å². The summed E-state index contributed by atoms with van der Waals surface area (Å²) in [5, 5.41) is 4.38. The summed E-state index contributed by atoms with van der Waals surface area (Å²) in [6, 6.07) is 8.89. The van der Waals surface area contributed by atoms with Gasteiger partial charge in [0, 0.05) is 29.7 Å². The minimum atomic E-state index is 0.306. The number of nitrogens with zero attached hydrogens (tertiary/aromatic N) is 1. The molecule has 3 atom stereocenters. The van der Waals surface area contributed by atoms with Crippen LogP contribution in [0.1, 0.15) is 26.3 Å². The molecule has 1 N–H and O–H groups in total. The van der Waals surface area contributed by atoms with Crippen LogP contribution in [-0.4, -0.2) is 36.1 Å². The smallest absolute Gasteiger partial charge is 0.0406 e. The van der Waals surface area contributed by atoms with Gasteiger partial charge in [0.1, 0.15) is 0 Å². The van der Waals surface area contributed by atoms with Crippen molar-refractivity contribution in [3.63, 3.8) is 0 Å². The zero-order valence-corrected chi connectivity index (χ0v) is 13.5. The van der Waals surface area contributed by atoms with E-state index in [1.807, 2.05) is 12.1 Å². The maximum atomic E-state index is 5.97. The third-order valence-electron chi connectivity index (χ3n) is 5.40. The van der Waals surface area contributed by atoms with Gasteiger partial charge in [-0.2, -0.15) is 0 Å². The van der Waals surface area contributed by atoms with Crippen molar-refractivity contribution in [1.29, 1.82) is 0 Å². The zero-order valence-electron chi connectivity index (χ0n) is 12.7. The number of benzene rings is 1. The molecule has 0 radical (unpaired) electrons. The second-order valence-electron chi connectivity index (χ2n) is 7.01. The van der Waals surface area contributed by atoms with Crippen molar-refractivity contribution in [3.8, 4) is 0 Å². The Morgan fingerprint density at radius 2 is 2.00 bits per heavy atom. The number of likely N-dealkylation sites (tertiary alicyclic amines) is 1. The molecule has 0 aromatic heterocycles.